The first kappa shape index (κ1) is 22.5. The monoisotopic (exact) mass is 488 g/mol. The lowest BCUT2D eigenvalue weighted by atomic mass is 10.1. The first-order valence-electron chi connectivity index (χ1n) is 10.5. The Morgan fingerprint density at radius 3 is 2.46 bits per heavy atom. The number of hydrogen-bond donors (Lipinski definition) is 1. The number of fused-ring (bicyclic) bond motifs is 1. The number of hydrogen-bond acceptors (Lipinski definition) is 7. The van der Waals surface area contributed by atoms with Crippen molar-refractivity contribution < 1.29 is 26.7 Å². The maximum absolute atomic E-state index is 15.2. The summed E-state index contributed by atoms with van der Waals surface area (Å²) in [4.78, 5) is 9.44. The van der Waals surface area contributed by atoms with E-state index in [-0.39, 0.29) is 36.0 Å². The number of aliphatic imine (C=N–C) groups is 1. The van der Waals surface area contributed by atoms with Gasteiger partial charge >= 0.3 is 0 Å². The molecule has 1 atom stereocenters. The second-order valence-electron chi connectivity index (χ2n) is 8.11. The number of likely N-dealkylation sites (tertiary alicyclic amines) is 1. The van der Waals surface area contributed by atoms with Crippen molar-refractivity contribution in [3.63, 3.8) is 0 Å². The fourth-order valence-corrected chi connectivity index (χ4v) is 4.31. The number of nitrogens with zero attached hydrogens (tertiary/aromatic N) is 5. The highest BCUT2D eigenvalue weighted by atomic mass is 19.2. The summed E-state index contributed by atoms with van der Waals surface area (Å²) in [5, 5.41) is 9.20. The SMILES string of the molecule is N#CN1CC[C@@H](N2CN(c3ccc(Oc4c(F)c(F)cc(F)c4F)cc3F)C(N)=C3C=CN=C32)C1. The lowest BCUT2D eigenvalue weighted by Gasteiger charge is -2.41. The van der Waals surface area contributed by atoms with Crippen LogP contribution in [0.3, 0.4) is 0 Å². The Balaban J connectivity index is 1.46. The van der Waals surface area contributed by atoms with Gasteiger partial charge in [-0.3, -0.25) is 0 Å². The van der Waals surface area contributed by atoms with Gasteiger partial charge in [-0.05, 0) is 24.6 Å². The van der Waals surface area contributed by atoms with Crippen molar-refractivity contribution in [2.75, 3.05) is 24.7 Å². The number of amidine groups is 1. The van der Waals surface area contributed by atoms with Crippen molar-refractivity contribution in [2.45, 2.75) is 12.5 Å². The van der Waals surface area contributed by atoms with Gasteiger partial charge in [0.2, 0.25) is 17.4 Å². The molecular formula is C23H17F5N6O. The third kappa shape index (κ3) is 3.78. The summed E-state index contributed by atoms with van der Waals surface area (Å²) < 4.78 is 74.9. The number of ether oxygens (including phenoxy) is 1. The molecule has 3 aliphatic rings. The zero-order valence-corrected chi connectivity index (χ0v) is 18.0. The minimum absolute atomic E-state index is 0.0354. The van der Waals surface area contributed by atoms with Crippen molar-refractivity contribution in [1.29, 1.82) is 5.26 Å². The molecule has 12 heteroatoms. The second kappa shape index (κ2) is 8.50. The fourth-order valence-electron chi connectivity index (χ4n) is 4.31. The maximum atomic E-state index is 15.2. The highest BCUT2D eigenvalue weighted by Crippen LogP contribution is 2.36. The molecule has 0 aliphatic carbocycles. The molecule has 0 spiro atoms. The number of rotatable bonds is 4. The molecule has 0 bridgehead atoms. The first-order chi connectivity index (χ1) is 16.8. The molecule has 2 aromatic rings. The summed E-state index contributed by atoms with van der Waals surface area (Å²) in [7, 11) is 0. The molecule has 3 aliphatic heterocycles. The van der Waals surface area contributed by atoms with Gasteiger partial charge in [0.1, 0.15) is 17.4 Å². The Kier molecular flexibility index (Phi) is 5.47. The summed E-state index contributed by atoms with van der Waals surface area (Å²) in [6, 6.07) is 3.30. The van der Waals surface area contributed by atoms with E-state index in [1.165, 1.54) is 17.0 Å². The lowest BCUT2D eigenvalue weighted by Crippen LogP contribution is -2.53. The van der Waals surface area contributed by atoms with Crippen LogP contribution in [0.2, 0.25) is 0 Å². The van der Waals surface area contributed by atoms with Crippen LogP contribution >= 0.6 is 0 Å². The highest BCUT2D eigenvalue weighted by Gasteiger charge is 2.37. The Morgan fingerprint density at radius 2 is 1.80 bits per heavy atom. The summed E-state index contributed by atoms with van der Waals surface area (Å²) >= 11 is 0. The van der Waals surface area contributed by atoms with E-state index in [1.54, 1.807) is 17.2 Å². The van der Waals surface area contributed by atoms with Crippen LogP contribution in [0.15, 0.2) is 52.9 Å². The normalized spacial score (nSPS) is 19.3. The minimum atomic E-state index is -1.74. The van der Waals surface area contributed by atoms with E-state index in [0.717, 1.165) is 6.07 Å². The Morgan fingerprint density at radius 1 is 1.06 bits per heavy atom. The average molecular weight is 488 g/mol. The van der Waals surface area contributed by atoms with Crippen molar-refractivity contribution >= 4 is 11.5 Å². The minimum Gasteiger partial charge on any atom is -0.451 e. The molecule has 7 nitrogen and oxygen atoms in total. The molecule has 35 heavy (non-hydrogen) atoms. The van der Waals surface area contributed by atoms with Crippen LogP contribution in [0.5, 0.6) is 11.5 Å². The van der Waals surface area contributed by atoms with Crippen LogP contribution in [0, 0.1) is 40.5 Å². The number of benzene rings is 2. The number of halogens is 5. The fraction of sp³-hybridized carbons (Fsp3) is 0.217. The Labute approximate surface area is 196 Å². The van der Waals surface area contributed by atoms with Gasteiger partial charge in [0.25, 0.3) is 0 Å². The molecule has 5 rings (SSSR count). The van der Waals surface area contributed by atoms with E-state index in [4.69, 9.17) is 10.5 Å². The molecule has 0 amide bonds. The van der Waals surface area contributed by atoms with Gasteiger partial charge in [-0.2, -0.15) is 14.0 Å². The Hall–Kier alpha value is -4.27. The lowest BCUT2D eigenvalue weighted by molar-refractivity contribution is 0.310. The number of nitriles is 1. The van der Waals surface area contributed by atoms with Gasteiger partial charge < -0.3 is 25.2 Å². The standard InChI is InChI=1S/C23H17F5N6O/c24-15-7-13(35-21-19(27)16(25)8-17(26)20(21)28)1-2-18(15)34-11-33(12-4-6-32(9-12)10-29)23-14(22(34)30)3-5-31-23/h1-3,5,7-8,12H,4,6,9,11,30H2/t12-/m1/s1. The average Bonchev–Trinajstić information content (AvgIpc) is 3.52. The summed E-state index contributed by atoms with van der Waals surface area (Å²) in [5.41, 5.74) is 6.94. The second-order valence-corrected chi connectivity index (χ2v) is 8.11. The van der Waals surface area contributed by atoms with Gasteiger partial charge in [-0.1, -0.05) is 0 Å². The van der Waals surface area contributed by atoms with Gasteiger partial charge in [0.15, 0.2) is 23.6 Å². The Bertz CT molecular complexity index is 1320. The van der Waals surface area contributed by atoms with E-state index in [2.05, 4.69) is 11.2 Å². The summed E-state index contributed by atoms with van der Waals surface area (Å²) in [6.07, 6.45) is 6.10. The first-order valence-corrected chi connectivity index (χ1v) is 10.5. The van der Waals surface area contributed by atoms with Crippen molar-refractivity contribution in [3.8, 4) is 17.7 Å². The molecule has 0 aromatic heterocycles. The van der Waals surface area contributed by atoms with Crippen LogP contribution in [0.1, 0.15) is 6.42 Å². The molecule has 180 valence electrons. The van der Waals surface area contributed by atoms with Crippen molar-refractivity contribution in [3.05, 3.63) is 77.0 Å². The number of anilines is 1. The molecule has 1 fully saturated rings. The predicted octanol–water partition coefficient (Wildman–Crippen LogP) is 3.91. The zero-order valence-electron chi connectivity index (χ0n) is 18.0. The molecule has 0 unspecified atom stereocenters. The van der Waals surface area contributed by atoms with Gasteiger partial charge in [-0.15, -0.1) is 0 Å². The topological polar surface area (TPSA) is 81.1 Å². The zero-order chi connectivity index (χ0) is 24.9. The highest BCUT2D eigenvalue weighted by molar-refractivity contribution is 6.05. The maximum Gasteiger partial charge on any atom is 0.204 e. The molecule has 2 aromatic carbocycles. The van der Waals surface area contributed by atoms with E-state index in [0.29, 0.717) is 30.9 Å². The molecule has 3 heterocycles. The molecule has 1 saturated heterocycles. The smallest absolute Gasteiger partial charge is 0.204 e. The van der Waals surface area contributed by atoms with Crippen LogP contribution in [0.4, 0.5) is 27.6 Å². The molecular weight excluding hydrogens is 471 g/mol. The van der Waals surface area contributed by atoms with Gasteiger partial charge in [0, 0.05) is 31.4 Å². The number of nitrogens with two attached hydrogens (primary N) is 1. The van der Waals surface area contributed by atoms with E-state index < -0.39 is 34.8 Å². The van der Waals surface area contributed by atoms with Gasteiger partial charge in [-0.25, -0.2) is 18.2 Å². The van der Waals surface area contributed by atoms with Crippen molar-refractivity contribution in [2.24, 2.45) is 10.7 Å². The summed E-state index contributed by atoms with van der Waals surface area (Å²) in [6.45, 7) is 1.20. The quantitative estimate of drug-likeness (QED) is 0.400. The van der Waals surface area contributed by atoms with Gasteiger partial charge in [0.05, 0.1) is 24.0 Å². The largest absolute Gasteiger partial charge is 0.451 e. The molecule has 0 radical (unpaired) electrons. The molecule has 2 N–H and O–H groups in total. The third-order valence-corrected chi connectivity index (χ3v) is 6.06. The van der Waals surface area contributed by atoms with Crippen molar-refractivity contribution in [1.82, 2.24) is 9.80 Å². The predicted molar refractivity (Wildman–Crippen MR) is 115 cm³/mol. The van der Waals surface area contributed by atoms with Crippen LogP contribution < -0.4 is 15.4 Å². The van der Waals surface area contributed by atoms with Crippen LogP contribution in [0.25, 0.3) is 0 Å². The van der Waals surface area contributed by atoms with E-state index >= 15 is 4.39 Å². The van der Waals surface area contributed by atoms with Crippen LogP contribution in [-0.4, -0.2) is 41.4 Å². The third-order valence-electron chi connectivity index (χ3n) is 6.06. The summed E-state index contributed by atoms with van der Waals surface area (Å²) in [5.74, 6) is -8.45. The van der Waals surface area contributed by atoms with Crippen LogP contribution in [-0.2, 0) is 0 Å². The molecule has 0 saturated carbocycles. The van der Waals surface area contributed by atoms with E-state index in [1.807, 2.05) is 4.90 Å². The van der Waals surface area contributed by atoms with E-state index in [9.17, 15) is 22.8 Å².